The number of carboxylic acid groups (broad SMARTS) is 2. The molecule has 540 valence electrons. The van der Waals surface area contributed by atoms with Crippen molar-refractivity contribution in [2.75, 3.05) is 33.9 Å². The first-order valence-electron chi connectivity index (χ1n) is 31.7. The van der Waals surface area contributed by atoms with Crippen LogP contribution in [0.1, 0.15) is 86.3 Å². The van der Waals surface area contributed by atoms with Crippen molar-refractivity contribution in [1.29, 1.82) is 0 Å². The van der Waals surface area contributed by atoms with Crippen LogP contribution < -0.4 is 10.2 Å². The van der Waals surface area contributed by atoms with E-state index < -0.39 is 23.9 Å². The van der Waals surface area contributed by atoms with Crippen molar-refractivity contribution in [2.24, 2.45) is 33.3 Å². The SMILES string of the molecule is COC(=O)CCCC(=NNc1cccc(Cl)c1Br)C(=O)OC.COC(=O)c1cc(CSc2cc(O)c3ccccc3c2)n(C)n1.COc1ccc(COCc2nn(C)c(C)c2-c2c(Cl)ccc3c(CCC(=O)O)c(C(=O)O)n(C)c23)cc1.Cn1nc(CO)cc1CSc1cc(O)c2ccccc2c1. The number of halogens is 3. The number of carbonyl (C=O) groups is 5. The number of nitrogens with one attached hydrogen (secondary N) is 1. The smallest absolute Gasteiger partial charge is 0.358 e. The summed E-state index contributed by atoms with van der Waals surface area (Å²) in [4.78, 5) is 59.7. The average molecular weight is 1550 g/mol. The maximum Gasteiger partial charge on any atom is 0.358 e. The summed E-state index contributed by atoms with van der Waals surface area (Å²) in [6.45, 7) is 2.44. The Morgan fingerprint density at radius 1 is 0.641 bits per heavy atom. The summed E-state index contributed by atoms with van der Waals surface area (Å²) in [5.74, 6) is -0.762. The molecule has 0 aliphatic heterocycles. The number of carbonyl (C=O) groups excluding carboxylic acids is 3. The van der Waals surface area contributed by atoms with Crippen LogP contribution in [0.3, 0.4) is 0 Å². The van der Waals surface area contributed by atoms with Crippen molar-refractivity contribution in [3.05, 3.63) is 205 Å². The summed E-state index contributed by atoms with van der Waals surface area (Å²) in [6, 6.07) is 43.0. The third kappa shape index (κ3) is 20.5. The molecule has 24 nitrogen and oxygen atoms in total. The number of rotatable bonds is 25. The lowest BCUT2D eigenvalue weighted by atomic mass is 9.98. The molecular weight excluding hydrogens is 1470 g/mol. The van der Waals surface area contributed by atoms with Gasteiger partial charge in [0.15, 0.2) is 5.69 Å². The Morgan fingerprint density at radius 2 is 1.26 bits per heavy atom. The monoisotopic (exact) mass is 1540 g/mol. The third-order valence-electron chi connectivity index (χ3n) is 16.2. The summed E-state index contributed by atoms with van der Waals surface area (Å²) >= 11 is 19.3. The first-order valence-corrected chi connectivity index (χ1v) is 35.2. The fraction of sp³-hybridized carbons (Fsp3) is 0.257. The first-order chi connectivity index (χ1) is 49.4. The molecule has 0 fully saturated rings. The summed E-state index contributed by atoms with van der Waals surface area (Å²) in [5, 5.41) is 70.9. The Hall–Kier alpha value is -9.87. The molecule has 0 spiro atoms. The van der Waals surface area contributed by atoms with Gasteiger partial charge in [0.1, 0.15) is 28.7 Å². The van der Waals surface area contributed by atoms with Gasteiger partial charge >= 0.3 is 29.8 Å². The van der Waals surface area contributed by atoms with Crippen molar-refractivity contribution < 1.29 is 73.2 Å². The molecule has 11 aromatic rings. The number of carboxylic acids is 2. The third-order valence-corrected chi connectivity index (χ3v) is 19.9. The van der Waals surface area contributed by atoms with E-state index in [2.05, 4.69) is 62.0 Å². The number of thioether (sulfide) groups is 2. The number of hydrogen-bond donors (Lipinski definition) is 6. The van der Waals surface area contributed by atoms with Crippen molar-refractivity contribution in [3.8, 4) is 28.4 Å². The van der Waals surface area contributed by atoms with Gasteiger partial charge in [0.25, 0.3) is 0 Å². The molecule has 29 heteroatoms. The molecule has 4 aromatic heterocycles. The number of fused-ring (bicyclic) bond motifs is 3. The van der Waals surface area contributed by atoms with Gasteiger partial charge in [-0.3, -0.25) is 29.1 Å². The number of hydrazone groups is 1. The zero-order valence-electron chi connectivity index (χ0n) is 57.7. The number of phenols is 2. The fourth-order valence-electron chi connectivity index (χ4n) is 10.9. The fourth-order valence-corrected chi connectivity index (χ4v) is 13.6. The van der Waals surface area contributed by atoms with Crippen LogP contribution in [-0.2, 0) is 99.3 Å². The van der Waals surface area contributed by atoms with Gasteiger partial charge in [-0.2, -0.15) is 20.4 Å². The van der Waals surface area contributed by atoms with Crippen molar-refractivity contribution in [3.63, 3.8) is 0 Å². The van der Waals surface area contributed by atoms with Crippen molar-refractivity contribution in [2.45, 2.75) is 80.1 Å². The molecule has 0 unspecified atom stereocenters. The highest BCUT2D eigenvalue weighted by atomic mass is 79.9. The Bertz CT molecular complexity index is 4900. The van der Waals surface area contributed by atoms with E-state index >= 15 is 0 Å². The second-order valence-electron chi connectivity index (χ2n) is 22.9. The van der Waals surface area contributed by atoms with Crippen LogP contribution >= 0.6 is 62.7 Å². The van der Waals surface area contributed by atoms with E-state index in [0.29, 0.717) is 83.8 Å². The predicted octanol–water partition coefficient (Wildman–Crippen LogP) is 14.8. The Morgan fingerprint density at radius 3 is 1.83 bits per heavy atom. The topological polar surface area (TPSA) is 315 Å². The van der Waals surface area contributed by atoms with E-state index in [4.69, 9.17) is 37.8 Å². The van der Waals surface area contributed by atoms with Crippen LogP contribution in [0.4, 0.5) is 5.69 Å². The number of anilines is 1. The van der Waals surface area contributed by atoms with E-state index in [9.17, 15) is 44.4 Å². The molecular formula is C74H76BrCl2N9O15S2. The molecule has 0 aliphatic rings. The zero-order valence-corrected chi connectivity index (χ0v) is 62.4. The lowest BCUT2D eigenvalue weighted by Gasteiger charge is -2.12. The van der Waals surface area contributed by atoms with Crippen LogP contribution in [0.25, 0.3) is 43.6 Å². The Kier molecular flexibility index (Phi) is 28.6. The second kappa shape index (κ2) is 37.3. The van der Waals surface area contributed by atoms with Gasteiger partial charge in [0, 0.05) is 107 Å². The van der Waals surface area contributed by atoms with Gasteiger partial charge < -0.3 is 53.8 Å². The minimum absolute atomic E-state index is 0.0404. The van der Waals surface area contributed by atoms with E-state index in [1.807, 2.05) is 106 Å². The number of aromatic hydroxyl groups is 2. The standard InChI is InChI=1S/C27H28ClN3O6.C17H16N2O3S.C16H16N2O2S.C14H16BrClN2O4/c1-15-23(21(29-31(15)3)14-37-13-16-5-7-17(36-4)8-6-16)24-20(28)11-9-18-19(10-12-22(32)33)26(27(34)35)30(2)25(18)24;1-19-12(8-15(18-19)17(21)22-2)10-23-13-7-11-5-3-4-6-14(11)16(20)9-13;1-18-13(7-12(9-19)17-18)10-21-14-6-11-4-2-3-5-15(11)16(20)8-14;1-21-12(19)8-4-7-11(14(20)22-2)18-17-10-6-3-5-9(16)13(10)15/h5-9,11H,10,12-14H2,1-4H3,(H,32,33)(H,34,35);3-9,20H,10H2,1-2H3;2-8,19-20H,9-10H2,1H3;3,5-6,17H,4,7-8H2,1-2H3. The van der Waals surface area contributed by atoms with Crippen molar-refractivity contribution in [1.82, 2.24) is 33.9 Å². The highest BCUT2D eigenvalue weighted by Crippen LogP contribution is 2.43. The number of hydrogen-bond acceptors (Lipinski definition) is 20. The Balaban J connectivity index is 0.000000180. The number of phenolic OH excluding ortho intramolecular Hbond substituents is 2. The number of esters is 3. The van der Waals surface area contributed by atoms with E-state index in [0.717, 1.165) is 71.0 Å². The van der Waals surface area contributed by atoms with Gasteiger partial charge in [-0.1, -0.05) is 96.0 Å². The molecule has 0 aliphatic carbocycles. The molecule has 0 saturated carbocycles. The van der Waals surface area contributed by atoms with Crippen LogP contribution in [0.5, 0.6) is 17.2 Å². The lowest BCUT2D eigenvalue weighted by molar-refractivity contribution is -0.141. The minimum Gasteiger partial charge on any atom is -0.507 e. The van der Waals surface area contributed by atoms with Crippen LogP contribution in [0, 0.1) is 6.92 Å². The molecule has 0 atom stereocenters. The lowest BCUT2D eigenvalue weighted by Crippen LogP contribution is -2.18. The number of aromatic nitrogens is 7. The number of aryl methyl sites for hydroxylation is 5. The van der Waals surface area contributed by atoms with Gasteiger partial charge in [-0.25, -0.2) is 14.4 Å². The molecule has 11 rings (SSSR count). The van der Waals surface area contributed by atoms with Gasteiger partial charge in [-0.05, 0) is 131 Å². The van der Waals surface area contributed by atoms with Gasteiger partial charge in [-0.15, -0.1) is 23.5 Å². The van der Waals surface area contributed by atoms with Crippen LogP contribution in [0.2, 0.25) is 10.0 Å². The number of benzene rings is 7. The quantitative estimate of drug-likeness (QED) is 0.0102. The van der Waals surface area contributed by atoms with Crippen LogP contribution in [-0.4, -0.2) is 123 Å². The van der Waals surface area contributed by atoms with Crippen molar-refractivity contribution >= 4 is 136 Å². The Labute approximate surface area is 620 Å². The predicted molar refractivity (Wildman–Crippen MR) is 401 cm³/mol. The summed E-state index contributed by atoms with van der Waals surface area (Å²) in [5.41, 5.74) is 11.5. The highest BCUT2D eigenvalue weighted by molar-refractivity contribution is 9.10. The molecule has 0 radical (unpaired) electrons. The largest absolute Gasteiger partial charge is 0.507 e. The van der Waals surface area contributed by atoms with E-state index in [1.165, 1.54) is 21.3 Å². The molecule has 0 saturated heterocycles. The van der Waals surface area contributed by atoms with E-state index in [1.54, 1.807) is 112 Å². The molecule has 4 heterocycles. The molecule has 0 bridgehead atoms. The normalized spacial score (nSPS) is 11.1. The van der Waals surface area contributed by atoms with Crippen LogP contribution in [0.15, 0.2) is 159 Å². The molecule has 103 heavy (non-hydrogen) atoms. The van der Waals surface area contributed by atoms with Gasteiger partial charge in [0.05, 0.1) is 85.4 Å². The number of aliphatic carboxylic acids is 1. The number of nitrogens with zero attached hydrogens (tertiary/aromatic N) is 8. The molecule has 0 amide bonds. The van der Waals surface area contributed by atoms with Gasteiger partial charge in [0.2, 0.25) is 0 Å². The summed E-state index contributed by atoms with van der Waals surface area (Å²) in [6.07, 6.45) is 0.812. The second-order valence-corrected chi connectivity index (χ2v) is 26.6. The number of methoxy groups -OCH3 is 4. The summed E-state index contributed by atoms with van der Waals surface area (Å²) in [7, 11) is 12.7. The zero-order chi connectivity index (χ0) is 74.6. The maximum atomic E-state index is 12.2. The average Bonchev–Trinajstić information content (AvgIpc) is 1.58. The number of aliphatic hydroxyl groups excluding tert-OH is 1. The highest BCUT2D eigenvalue weighted by Gasteiger charge is 2.28. The number of aromatic carboxylic acids is 1. The van der Waals surface area contributed by atoms with E-state index in [-0.39, 0.29) is 62.0 Å². The molecule has 6 N–H and O–H groups in total. The number of aliphatic hydroxyl groups is 1. The molecule has 7 aromatic carbocycles. The maximum absolute atomic E-state index is 12.2. The number of ether oxygens (including phenoxy) is 5. The first kappa shape index (κ1) is 78.8. The summed E-state index contributed by atoms with van der Waals surface area (Å²) < 4.78 is 32.5. The minimum atomic E-state index is -1.13.